The number of ether oxygens (including phenoxy) is 1. The first-order chi connectivity index (χ1) is 9.81. The lowest BCUT2D eigenvalue weighted by molar-refractivity contribution is 0.0496. The Kier molecular flexibility index (Phi) is 5.21. The van der Waals surface area contributed by atoms with Gasteiger partial charge in [0, 0.05) is 6.04 Å². The van der Waals surface area contributed by atoms with E-state index in [9.17, 15) is 0 Å². The number of halogens is 1. The van der Waals surface area contributed by atoms with Crippen molar-refractivity contribution in [2.24, 2.45) is 11.3 Å². The molecule has 1 aliphatic rings. The van der Waals surface area contributed by atoms with Crippen molar-refractivity contribution in [3.8, 4) is 5.75 Å². The Balaban J connectivity index is 2.14. The first kappa shape index (κ1) is 16.6. The minimum absolute atomic E-state index is 0.188. The third-order valence-corrected chi connectivity index (χ3v) is 5.05. The molecule has 0 aromatic heterocycles. The van der Waals surface area contributed by atoms with Crippen LogP contribution in [-0.4, -0.2) is 19.2 Å². The van der Waals surface area contributed by atoms with Crippen LogP contribution in [0.25, 0.3) is 0 Å². The molecule has 21 heavy (non-hydrogen) atoms. The van der Waals surface area contributed by atoms with E-state index in [-0.39, 0.29) is 6.10 Å². The van der Waals surface area contributed by atoms with Gasteiger partial charge in [0.25, 0.3) is 0 Å². The summed E-state index contributed by atoms with van der Waals surface area (Å²) in [7, 11) is 2.02. The Bertz CT molecular complexity index is 481. The highest BCUT2D eigenvalue weighted by Gasteiger charge is 2.36. The molecule has 1 N–H and O–H groups in total. The fourth-order valence-corrected chi connectivity index (χ4v) is 3.52. The van der Waals surface area contributed by atoms with Crippen molar-refractivity contribution in [1.82, 2.24) is 5.32 Å². The number of hydrogen-bond donors (Lipinski definition) is 1. The van der Waals surface area contributed by atoms with Crippen molar-refractivity contribution in [2.75, 3.05) is 7.05 Å². The number of hydrogen-bond acceptors (Lipinski definition) is 2. The third kappa shape index (κ3) is 4.14. The molecule has 0 bridgehead atoms. The maximum atomic E-state index is 6.32. The molecular formula is C18H28ClNO. The molecule has 0 heterocycles. The molecule has 0 aliphatic heterocycles. The van der Waals surface area contributed by atoms with E-state index in [1.54, 1.807) is 0 Å². The van der Waals surface area contributed by atoms with Gasteiger partial charge in [-0.15, -0.1) is 0 Å². The van der Waals surface area contributed by atoms with Gasteiger partial charge in [-0.3, -0.25) is 0 Å². The van der Waals surface area contributed by atoms with E-state index in [4.69, 9.17) is 16.3 Å². The van der Waals surface area contributed by atoms with E-state index < -0.39 is 0 Å². The topological polar surface area (TPSA) is 21.3 Å². The SMILES string of the molecule is CNC1CCC(C(C)(C)C)CC1Oc1ccc(C)cc1Cl. The summed E-state index contributed by atoms with van der Waals surface area (Å²) in [6.07, 6.45) is 3.69. The number of rotatable bonds is 3. The zero-order valence-electron chi connectivity index (χ0n) is 13.9. The van der Waals surface area contributed by atoms with Crippen LogP contribution < -0.4 is 10.1 Å². The Morgan fingerprint density at radius 2 is 1.95 bits per heavy atom. The van der Waals surface area contributed by atoms with Gasteiger partial charge in [-0.05, 0) is 62.3 Å². The minimum Gasteiger partial charge on any atom is -0.487 e. The van der Waals surface area contributed by atoms with Crippen molar-refractivity contribution in [2.45, 2.75) is 59.1 Å². The fraction of sp³-hybridized carbons (Fsp3) is 0.667. The van der Waals surface area contributed by atoms with Crippen molar-refractivity contribution in [3.05, 3.63) is 28.8 Å². The quantitative estimate of drug-likeness (QED) is 0.863. The largest absolute Gasteiger partial charge is 0.487 e. The fourth-order valence-electron chi connectivity index (χ4n) is 3.24. The molecule has 1 saturated carbocycles. The van der Waals surface area contributed by atoms with Crippen LogP contribution in [0.15, 0.2) is 18.2 Å². The molecule has 118 valence electrons. The van der Waals surface area contributed by atoms with E-state index in [0.29, 0.717) is 22.4 Å². The van der Waals surface area contributed by atoms with Crippen LogP contribution in [0.4, 0.5) is 0 Å². The van der Waals surface area contributed by atoms with Crippen molar-refractivity contribution in [3.63, 3.8) is 0 Å². The first-order valence-electron chi connectivity index (χ1n) is 7.91. The van der Waals surface area contributed by atoms with Gasteiger partial charge in [0.05, 0.1) is 5.02 Å². The molecule has 1 aromatic carbocycles. The maximum absolute atomic E-state index is 6.32. The Hall–Kier alpha value is -0.730. The van der Waals surface area contributed by atoms with Crippen LogP contribution in [0.3, 0.4) is 0 Å². The average molecular weight is 310 g/mol. The molecule has 2 rings (SSSR count). The number of benzene rings is 1. The number of likely N-dealkylation sites (N-methyl/N-ethyl adjacent to an activating group) is 1. The second kappa shape index (κ2) is 6.58. The van der Waals surface area contributed by atoms with Gasteiger partial charge >= 0.3 is 0 Å². The van der Waals surface area contributed by atoms with Gasteiger partial charge in [-0.25, -0.2) is 0 Å². The van der Waals surface area contributed by atoms with E-state index in [1.807, 2.05) is 26.1 Å². The highest BCUT2D eigenvalue weighted by Crippen LogP contribution is 2.39. The zero-order chi connectivity index (χ0) is 15.6. The van der Waals surface area contributed by atoms with Crippen LogP contribution in [0.1, 0.15) is 45.6 Å². The van der Waals surface area contributed by atoms with Crippen molar-refractivity contribution in [1.29, 1.82) is 0 Å². The Labute approximate surface area is 134 Å². The second-order valence-electron chi connectivity index (χ2n) is 7.36. The summed E-state index contributed by atoms with van der Waals surface area (Å²) in [5.41, 5.74) is 1.49. The van der Waals surface area contributed by atoms with Crippen LogP contribution in [0.2, 0.25) is 5.02 Å². The van der Waals surface area contributed by atoms with E-state index in [1.165, 1.54) is 6.42 Å². The smallest absolute Gasteiger partial charge is 0.138 e. The van der Waals surface area contributed by atoms with Gasteiger partial charge < -0.3 is 10.1 Å². The van der Waals surface area contributed by atoms with Crippen molar-refractivity contribution >= 4 is 11.6 Å². The van der Waals surface area contributed by atoms with Crippen LogP contribution in [0, 0.1) is 18.3 Å². The predicted molar refractivity (Wildman–Crippen MR) is 90.2 cm³/mol. The third-order valence-electron chi connectivity index (χ3n) is 4.75. The van der Waals surface area contributed by atoms with Gasteiger partial charge in [0.2, 0.25) is 0 Å². The van der Waals surface area contributed by atoms with Gasteiger partial charge in [-0.1, -0.05) is 38.4 Å². The standard InChI is InChI=1S/C18H28ClNO/c1-12-6-9-16(14(19)10-12)21-17-11-13(18(2,3)4)7-8-15(17)20-5/h6,9-10,13,15,17,20H,7-8,11H2,1-5H3. The molecule has 0 saturated heterocycles. The summed E-state index contributed by atoms with van der Waals surface area (Å²) in [5, 5.41) is 4.12. The second-order valence-corrected chi connectivity index (χ2v) is 7.77. The van der Waals surface area contributed by atoms with E-state index in [2.05, 4.69) is 32.2 Å². The lowest BCUT2D eigenvalue weighted by Gasteiger charge is -2.41. The highest BCUT2D eigenvalue weighted by molar-refractivity contribution is 6.32. The number of aryl methyl sites for hydroxylation is 1. The van der Waals surface area contributed by atoms with Gasteiger partial charge in [0.15, 0.2) is 0 Å². The molecule has 1 aromatic rings. The molecule has 3 unspecified atom stereocenters. The summed E-state index contributed by atoms with van der Waals surface area (Å²) in [4.78, 5) is 0. The van der Waals surface area contributed by atoms with Crippen LogP contribution >= 0.6 is 11.6 Å². The monoisotopic (exact) mass is 309 g/mol. The Morgan fingerprint density at radius 1 is 1.24 bits per heavy atom. The van der Waals surface area contributed by atoms with Gasteiger partial charge in [0.1, 0.15) is 11.9 Å². The van der Waals surface area contributed by atoms with E-state index in [0.717, 1.165) is 24.2 Å². The lowest BCUT2D eigenvalue weighted by atomic mass is 9.70. The molecule has 0 spiro atoms. The molecule has 1 fully saturated rings. The Morgan fingerprint density at radius 3 is 2.52 bits per heavy atom. The summed E-state index contributed by atoms with van der Waals surface area (Å²) >= 11 is 6.32. The molecular weight excluding hydrogens is 282 g/mol. The first-order valence-corrected chi connectivity index (χ1v) is 8.29. The molecule has 2 nitrogen and oxygen atoms in total. The highest BCUT2D eigenvalue weighted by atomic mass is 35.5. The van der Waals surface area contributed by atoms with Crippen LogP contribution in [0.5, 0.6) is 5.75 Å². The lowest BCUT2D eigenvalue weighted by Crippen LogP contribution is -2.47. The average Bonchev–Trinajstić information content (AvgIpc) is 2.41. The predicted octanol–water partition coefficient (Wildman–Crippen LogP) is 4.83. The molecule has 3 heteroatoms. The molecule has 1 aliphatic carbocycles. The summed E-state index contributed by atoms with van der Waals surface area (Å²) in [6.45, 7) is 9.02. The normalized spacial score (nSPS) is 26.7. The van der Waals surface area contributed by atoms with E-state index >= 15 is 0 Å². The molecule has 0 radical (unpaired) electrons. The maximum Gasteiger partial charge on any atom is 0.138 e. The summed E-state index contributed by atoms with van der Waals surface area (Å²) < 4.78 is 6.28. The number of nitrogens with one attached hydrogen (secondary N) is 1. The van der Waals surface area contributed by atoms with Crippen molar-refractivity contribution < 1.29 is 4.74 Å². The van der Waals surface area contributed by atoms with Crippen LogP contribution in [-0.2, 0) is 0 Å². The summed E-state index contributed by atoms with van der Waals surface area (Å²) in [5.74, 6) is 1.50. The molecule has 0 amide bonds. The van der Waals surface area contributed by atoms with Gasteiger partial charge in [-0.2, -0.15) is 0 Å². The summed E-state index contributed by atoms with van der Waals surface area (Å²) in [6, 6.07) is 6.42. The zero-order valence-corrected chi connectivity index (χ0v) is 14.6. The molecule has 3 atom stereocenters. The minimum atomic E-state index is 0.188.